The fourth-order valence-electron chi connectivity index (χ4n) is 2.86. The summed E-state index contributed by atoms with van der Waals surface area (Å²) < 4.78 is 0. The van der Waals surface area contributed by atoms with E-state index in [1.54, 1.807) is 0 Å². The van der Waals surface area contributed by atoms with Crippen molar-refractivity contribution in [3.63, 3.8) is 0 Å². The Hall–Kier alpha value is -1.52. The SMILES string of the molecule is O=C(O)NCCC(=O)N1CCCC2CCCC=C21. The van der Waals surface area contributed by atoms with Crippen LogP contribution in [0, 0.1) is 5.92 Å². The molecule has 0 spiro atoms. The van der Waals surface area contributed by atoms with Gasteiger partial charge in [-0.1, -0.05) is 6.08 Å². The van der Waals surface area contributed by atoms with Gasteiger partial charge in [-0.05, 0) is 38.0 Å². The molecule has 2 N–H and O–H groups in total. The van der Waals surface area contributed by atoms with E-state index in [0.717, 1.165) is 19.4 Å². The maximum absolute atomic E-state index is 12.1. The van der Waals surface area contributed by atoms with E-state index in [1.165, 1.54) is 25.0 Å². The van der Waals surface area contributed by atoms with Gasteiger partial charge in [0.15, 0.2) is 0 Å². The van der Waals surface area contributed by atoms with Crippen LogP contribution in [0.15, 0.2) is 11.8 Å². The Kier molecular flexibility index (Phi) is 4.23. The number of carbonyl (C=O) groups is 2. The zero-order valence-corrected chi connectivity index (χ0v) is 10.5. The highest BCUT2D eigenvalue weighted by Crippen LogP contribution is 2.35. The van der Waals surface area contributed by atoms with Crippen molar-refractivity contribution in [2.45, 2.75) is 38.5 Å². The highest BCUT2D eigenvalue weighted by Gasteiger charge is 2.29. The zero-order chi connectivity index (χ0) is 13.0. The van der Waals surface area contributed by atoms with Crippen LogP contribution >= 0.6 is 0 Å². The van der Waals surface area contributed by atoms with Gasteiger partial charge in [0.2, 0.25) is 5.91 Å². The number of rotatable bonds is 3. The van der Waals surface area contributed by atoms with Crippen LogP contribution in [0.1, 0.15) is 38.5 Å². The Labute approximate surface area is 107 Å². The molecular weight excluding hydrogens is 232 g/mol. The highest BCUT2D eigenvalue weighted by atomic mass is 16.4. The molecule has 5 nitrogen and oxygen atoms in total. The van der Waals surface area contributed by atoms with E-state index in [4.69, 9.17) is 5.11 Å². The lowest BCUT2D eigenvalue weighted by molar-refractivity contribution is -0.130. The maximum atomic E-state index is 12.1. The lowest BCUT2D eigenvalue weighted by atomic mass is 9.85. The van der Waals surface area contributed by atoms with Gasteiger partial charge in [0.25, 0.3) is 0 Å². The van der Waals surface area contributed by atoms with Gasteiger partial charge < -0.3 is 15.3 Å². The van der Waals surface area contributed by atoms with Gasteiger partial charge in [-0.25, -0.2) is 4.79 Å². The first-order chi connectivity index (χ1) is 8.68. The quantitative estimate of drug-likeness (QED) is 0.806. The monoisotopic (exact) mass is 252 g/mol. The van der Waals surface area contributed by atoms with Crippen LogP contribution in [0.2, 0.25) is 0 Å². The summed E-state index contributed by atoms with van der Waals surface area (Å²) in [5, 5.41) is 10.7. The third-order valence-corrected chi connectivity index (χ3v) is 3.69. The summed E-state index contributed by atoms with van der Waals surface area (Å²) in [5.74, 6) is 0.588. The lowest BCUT2D eigenvalue weighted by Crippen LogP contribution is -2.40. The molecule has 100 valence electrons. The standard InChI is InChI=1S/C13H20N2O3/c16-12(7-8-14-13(17)18)15-9-3-5-10-4-1-2-6-11(10)15/h6,10,14H,1-5,7-9H2,(H,17,18). The van der Waals surface area contributed by atoms with E-state index >= 15 is 0 Å². The molecular formula is C13H20N2O3. The van der Waals surface area contributed by atoms with Gasteiger partial charge in [-0.3, -0.25) is 4.79 Å². The second-order valence-electron chi connectivity index (χ2n) is 4.93. The number of hydrogen-bond acceptors (Lipinski definition) is 2. The first-order valence-corrected chi connectivity index (χ1v) is 6.65. The molecule has 0 radical (unpaired) electrons. The van der Waals surface area contributed by atoms with E-state index < -0.39 is 6.09 Å². The summed E-state index contributed by atoms with van der Waals surface area (Å²) >= 11 is 0. The topological polar surface area (TPSA) is 69.6 Å². The highest BCUT2D eigenvalue weighted by molar-refractivity contribution is 5.79. The number of allylic oxidation sites excluding steroid dienone is 2. The van der Waals surface area contributed by atoms with Crippen molar-refractivity contribution in [2.24, 2.45) is 5.92 Å². The Morgan fingerprint density at radius 1 is 1.39 bits per heavy atom. The predicted molar refractivity (Wildman–Crippen MR) is 67.0 cm³/mol. The summed E-state index contributed by atoms with van der Waals surface area (Å²) in [4.78, 5) is 24.3. The zero-order valence-electron chi connectivity index (χ0n) is 10.5. The number of hydrogen-bond donors (Lipinski definition) is 2. The Morgan fingerprint density at radius 2 is 2.17 bits per heavy atom. The van der Waals surface area contributed by atoms with E-state index in [9.17, 15) is 9.59 Å². The molecule has 1 aliphatic heterocycles. The van der Waals surface area contributed by atoms with Crippen molar-refractivity contribution in [3.8, 4) is 0 Å². The van der Waals surface area contributed by atoms with Crippen LogP contribution in [-0.4, -0.2) is 35.1 Å². The number of fused-ring (bicyclic) bond motifs is 1. The Morgan fingerprint density at radius 3 is 2.94 bits per heavy atom. The van der Waals surface area contributed by atoms with Crippen LogP contribution in [0.25, 0.3) is 0 Å². The molecule has 0 saturated carbocycles. The molecule has 1 heterocycles. The van der Waals surface area contributed by atoms with Gasteiger partial charge in [0.05, 0.1) is 0 Å². The van der Waals surface area contributed by atoms with Crippen LogP contribution in [0.5, 0.6) is 0 Å². The van der Waals surface area contributed by atoms with E-state index in [2.05, 4.69) is 11.4 Å². The van der Waals surface area contributed by atoms with Crippen LogP contribution in [-0.2, 0) is 4.79 Å². The second-order valence-corrected chi connectivity index (χ2v) is 4.93. The third-order valence-electron chi connectivity index (χ3n) is 3.69. The van der Waals surface area contributed by atoms with Gasteiger partial charge >= 0.3 is 6.09 Å². The van der Waals surface area contributed by atoms with Gasteiger partial charge in [0, 0.05) is 25.2 Å². The molecule has 1 atom stereocenters. The van der Waals surface area contributed by atoms with Gasteiger partial charge in [-0.2, -0.15) is 0 Å². The smallest absolute Gasteiger partial charge is 0.404 e. The van der Waals surface area contributed by atoms with Crippen molar-refractivity contribution in [1.82, 2.24) is 10.2 Å². The molecule has 2 amide bonds. The van der Waals surface area contributed by atoms with Crippen LogP contribution in [0.4, 0.5) is 4.79 Å². The lowest BCUT2D eigenvalue weighted by Gasteiger charge is -2.38. The van der Waals surface area contributed by atoms with E-state index in [1.807, 2.05) is 4.90 Å². The average Bonchev–Trinajstić information content (AvgIpc) is 2.37. The summed E-state index contributed by atoms with van der Waals surface area (Å²) in [6.45, 7) is 0.983. The molecule has 0 bridgehead atoms. The van der Waals surface area contributed by atoms with Crippen molar-refractivity contribution in [1.29, 1.82) is 0 Å². The van der Waals surface area contributed by atoms with Crippen molar-refractivity contribution >= 4 is 12.0 Å². The molecule has 18 heavy (non-hydrogen) atoms. The minimum absolute atomic E-state index is 0.0431. The minimum atomic E-state index is -1.07. The van der Waals surface area contributed by atoms with Crippen LogP contribution in [0.3, 0.4) is 0 Å². The number of piperidine rings is 1. The molecule has 2 aliphatic rings. The van der Waals surface area contributed by atoms with Crippen molar-refractivity contribution in [3.05, 3.63) is 11.8 Å². The summed E-state index contributed by atoms with van der Waals surface area (Å²) in [6.07, 6.45) is 7.06. The average molecular weight is 252 g/mol. The first kappa shape index (κ1) is 12.9. The van der Waals surface area contributed by atoms with Crippen LogP contribution < -0.4 is 5.32 Å². The summed E-state index contributed by atoms with van der Waals surface area (Å²) in [5.41, 5.74) is 1.19. The van der Waals surface area contributed by atoms with Gasteiger partial charge in [0.1, 0.15) is 0 Å². The largest absolute Gasteiger partial charge is 0.465 e. The normalized spacial score (nSPS) is 23.0. The third kappa shape index (κ3) is 3.03. The molecule has 0 aromatic rings. The number of likely N-dealkylation sites (tertiary alicyclic amines) is 1. The number of nitrogens with zero attached hydrogens (tertiary/aromatic N) is 1. The molecule has 0 aromatic heterocycles. The number of nitrogens with one attached hydrogen (secondary N) is 1. The minimum Gasteiger partial charge on any atom is -0.465 e. The fraction of sp³-hybridized carbons (Fsp3) is 0.692. The van der Waals surface area contributed by atoms with Crippen molar-refractivity contribution in [2.75, 3.05) is 13.1 Å². The number of carboxylic acid groups (broad SMARTS) is 1. The summed E-state index contributed by atoms with van der Waals surface area (Å²) in [7, 11) is 0. The number of carbonyl (C=O) groups excluding carboxylic acids is 1. The van der Waals surface area contributed by atoms with Gasteiger partial charge in [-0.15, -0.1) is 0 Å². The first-order valence-electron chi connectivity index (χ1n) is 6.65. The second kappa shape index (κ2) is 5.89. The maximum Gasteiger partial charge on any atom is 0.404 e. The molecule has 5 heteroatoms. The van der Waals surface area contributed by atoms with E-state index in [0.29, 0.717) is 5.92 Å². The Bertz CT molecular complexity index is 365. The predicted octanol–water partition coefficient (Wildman–Crippen LogP) is 1.95. The number of amides is 2. The fourth-order valence-corrected chi connectivity index (χ4v) is 2.86. The molecule has 2 rings (SSSR count). The molecule has 0 aromatic carbocycles. The van der Waals surface area contributed by atoms with E-state index in [-0.39, 0.29) is 18.9 Å². The molecule has 1 saturated heterocycles. The Balaban J connectivity index is 1.92. The molecule has 1 aliphatic carbocycles. The molecule has 1 fully saturated rings. The molecule has 1 unspecified atom stereocenters. The summed E-state index contributed by atoms with van der Waals surface area (Å²) in [6, 6.07) is 0. The van der Waals surface area contributed by atoms with Crippen molar-refractivity contribution < 1.29 is 14.7 Å².